The third-order valence-corrected chi connectivity index (χ3v) is 3.15. The maximum Gasteiger partial charge on any atom is 0.410 e. The van der Waals surface area contributed by atoms with Crippen molar-refractivity contribution in [3.05, 3.63) is 18.0 Å². The number of carbonyl (C=O) groups is 1. The molecule has 106 valence electrons. The number of likely N-dealkylation sites (tertiary alicyclic amines) is 1. The summed E-state index contributed by atoms with van der Waals surface area (Å²) in [5, 5.41) is 4.35. The lowest BCUT2D eigenvalue weighted by Crippen LogP contribution is -2.43. The predicted octanol–water partition coefficient (Wildman–Crippen LogP) is 2.76. The van der Waals surface area contributed by atoms with E-state index >= 15 is 0 Å². The van der Waals surface area contributed by atoms with Crippen molar-refractivity contribution in [3.8, 4) is 0 Å². The minimum atomic E-state index is -0.438. The van der Waals surface area contributed by atoms with Crippen LogP contribution in [0.2, 0.25) is 0 Å². The first kappa shape index (κ1) is 13.9. The topological polar surface area (TPSA) is 47.4 Å². The molecular formula is C14H23N3O2. The second-order valence-electron chi connectivity index (χ2n) is 6.22. The summed E-state index contributed by atoms with van der Waals surface area (Å²) in [4.78, 5) is 13.9. The molecule has 0 unspecified atom stereocenters. The van der Waals surface area contributed by atoms with Crippen LogP contribution in [-0.4, -0.2) is 39.5 Å². The SMILES string of the molecule is Cc1cnn([C@@H]2CCCN(C(=O)OC(C)(C)C)C2)c1. The Hall–Kier alpha value is -1.52. The lowest BCUT2D eigenvalue weighted by molar-refractivity contribution is 0.0167. The molecule has 5 nitrogen and oxygen atoms in total. The molecule has 0 bridgehead atoms. The van der Waals surface area contributed by atoms with Crippen molar-refractivity contribution in [2.24, 2.45) is 0 Å². The van der Waals surface area contributed by atoms with Crippen molar-refractivity contribution in [1.29, 1.82) is 0 Å². The standard InChI is InChI=1S/C14H23N3O2/c1-11-8-15-17(9-11)12-6-5-7-16(10-12)13(18)19-14(2,3)4/h8-9,12H,5-7,10H2,1-4H3/t12-/m1/s1. The van der Waals surface area contributed by atoms with Crippen molar-refractivity contribution in [1.82, 2.24) is 14.7 Å². The second kappa shape index (κ2) is 5.23. The molecule has 0 N–H and O–H groups in total. The molecule has 1 aliphatic rings. The number of ether oxygens (including phenoxy) is 1. The molecule has 2 heterocycles. The van der Waals surface area contributed by atoms with Gasteiger partial charge in [-0.1, -0.05) is 0 Å². The summed E-state index contributed by atoms with van der Waals surface area (Å²) in [5.41, 5.74) is 0.709. The van der Waals surface area contributed by atoms with Gasteiger partial charge in [0.05, 0.1) is 12.2 Å². The highest BCUT2D eigenvalue weighted by molar-refractivity contribution is 5.68. The molecule has 5 heteroatoms. The molecule has 1 fully saturated rings. The van der Waals surface area contributed by atoms with Crippen molar-refractivity contribution >= 4 is 6.09 Å². The van der Waals surface area contributed by atoms with Crippen molar-refractivity contribution in [2.75, 3.05) is 13.1 Å². The second-order valence-corrected chi connectivity index (χ2v) is 6.22. The van der Waals surface area contributed by atoms with Crippen molar-refractivity contribution < 1.29 is 9.53 Å². The van der Waals surface area contributed by atoms with E-state index in [9.17, 15) is 4.79 Å². The van der Waals surface area contributed by atoms with Crippen LogP contribution in [0.4, 0.5) is 4.79 Å². The van der Waals surface area contributed by atoms with Crippen molar-refractivity contribution in [3.63, 3.8) is 0 Å². The zero-order valence-electron chi connectivity index (χ0n) is 12.2. The van der Waals surface area contributed by atoms with Crippen molar-refractivity contribution in [2.45, 2.75) is 52.2 Å². The predicted molar refractivity (Wildman–Crippen MR) is 73.0 cm³/mol. The Kier molecular flexibility index (Phi) is 3.83. The van der Waals surface area contributed by atoms with E-state index in [0.29, 0.717) is 6.54 Å². The highest BCUT2D eigenvalue weighted by Gasteiger charge is 2.28. The molecule has 0 spiro atoms. The maximum atomic E-state index is 12.1. The number of aryl methyl sites for hydroxylation is 1. The number of amides is 1. The summed E-state index contributed by atoms with van der Waals surface area (Å²) in [6, 6.07) is 0.259. The highest BCUT2D eigenvalue weighted by atomic mass is 16.6. The van der Waals surface area contributed by atoms with Gasteiger partial charge in [-0.05, 0) is 46.1 Å². The summed E-state index contributed by atoms with van der Waals surface area (Å²) in [6.45, 7) is 9.15. The van der Waals surface area contributed by atoms with Gasteiger partial charge in [-0.3, -0.25) is 4.68 Å². The van der Waals surface area contributed by atoms with Crippen LogP contribution in [0, 0.1) is 6.92 Å². The minimum Gasteiger partial charge on any atom is -0.444 e. The van der Waals surface area contributed by atoms with Gasteiger partial charge in [0.25, 0.3) is 0 Å². The summed E-state index contributed by atoms with van der Waals surface area (Å²) in [6.07, 6.45) is 5.71. The van der Waals surface area contributed by atoms with E-state index in [1.807, 2.05) is 44.8 Å². The van der Waals surface area contributed by atoms with Crippen LogP contribution in [0.3, 0.4) is 0 Å². The first-order chi connectivity index (χ1) is 8.85. The van der Waals surface area contributed by atoms with Crippen LogP contribution in [0.5, 0.6) is 0 Å². The molecular weight excluding hydrogens is 242 g/mol. The van der Waals surface area contributed by atoms with E-state index in [0.717, 1.165) is 24.9 Å². The molecule has 1 amide bonds. The third-order valence-electron chi connectivity index (χ3n) is 3.15. The van der Waals surface area contributed by atoms with Gasteiger partial charge < -0.3 is 9.64 Å². The van der Waals surface area contributed by atoms with Gasteiger partial charge in [-0.15, -0.1) is 0 Å². The number of piperidine rings is 1. The molecule has 1 atom stereocenters. The number of carbonyl (C=O) groups excluding carboxylic acids is 1. The Balaban J connectivity index is 1.99. The molecule has 1 aliphatic heterocycles. The Morgan fingerprint density at radius 2 is 2.21 bits per heavy atom. The fourth-order valence-electron chi connectivity index (χ4n) is 2.30. The molecule has 0 aliphatic carbocycles. The van der Waals surface area contributed by atoms with E-state index in [-0.39, 0.29) is 12.1 Å². The van der Waals surface area contributed by atoms with E-state index in [2.05, 4.69) is 5.10 Å². The normalized spacial score (nSPS) is 20.4. The Labute approximate surface area is 114 Å². The fourth-order valence-corrected chi connectivity index (χ4v) is 2.30. The summed E-state index contributed by atoms with van der Waals surface area (Å²) >= 11 is 0. The van der Waals surface area contributed by atoms with Crippen LogP contribution < -0.4 is 0 Å². The fraction of sp³-hybridized carbons (Fsp3) is 0.714. The average molecular weight is 265 g/mol. The molecule has 1 aromatic rings. The summed E-state index contributed by atoms with van der Waals surface area (Å²) in [5.74, 6) is 0. The monoisotopic (exact) mass is 265 g/mol. The van der Waals surface area contributed by atoms with Gasteiger partial charge in [0.15, 0.2) is 0 Å². The number of nitrogens with zero attached hydrogens (tertiary/aromatic N) is 3. The van der Waals surface area contributed by atoms with E-state index < -0.39 is 5.60 Å². The van der Waals surface area contributed by atoms with E-state index in [4.69, 9.17) is 4.74 Å². The summed E-state index contributed by atoms with van der Waals surface area (Å²) in [7, 11) is 0. The number of rotatable bonds is 1. The van der Waals surface area contributed by atoms with Gasteiger partial charge in [-0.25, -0.2) is 4.79 Å². The minimum absolute atomic E-state index is 0.221. The van der Waals surface area contributed by atoms with Gasteiger partial charge in [-0.2, -0.15) is 5.10 Å². The highest BCUT2D eigenvalue weighted by Crippen LogP contribution is 2.22. The van der Waals surface area contributed by atoms with Gasteiger partial charge in [0.2, 0.25) is 0 Å². The zero-order chi connectivity index (χ0) is 14.0. The van der Waals surface area contributed by atoms with Crippen LogP contribution in [0.15, 0.2) is 12.4 Å². The molecule has 19 heavy (non-hydrogen) atoms. The van der Waals surface area contributed by atoms with Crippen LogP contribution in [0.25, 0.3) is 0 Å². The Morgan fingerprint density at radius 1 is 1.47 bits per heavy atom. The lowest BCUT2D eigenvalue weighted by Gasteiger charge is -2.34. The van der Waals surface area contributed by atoms with Gasteiger partial charge in [0.1, 0.15) is 5.60 Å². The van der Waals surface area contributed by atoms with Crippen LogP contribution in [-0.2, 0) is 4.74 Å². The Bertz CT molecular complexity index is 448. The Morgan fingerprint density at radius 3 is 2.79 bits per heavy atom. The van der Waals surface area contributed by atoms with Gasteiger partial charge >= 0.3 is 6.09 Å². The number of aromatic nitrogens is 2. The molecule has 1 aromatic heterocycles. The maximum absolute atomic E-state index is 12.1. The quantitative estimate of drug-likeness (QED) is 0.784. The third kappa shape index (κ3) is 3.72. The van der Waals surface area contributed by atoms with Gasteiger partial charge in [0, 0.05) is 19.3 Å². The number of hydrogen-bond acceptors (Lipinski definition) is 3. The summed E-state index contributed by atoms with van der Waals surface area (Å²) < 4.78 is 7.39. The molecule has 0 aromatic carbocycles. The van der Waals surface area contributed by atoms with Crippen LogP contribution in [0.1, 0.15) is 45.2 Å². The first-order valence-corrected chi connectivity index (χ1v) is 6.84. The van der Waals surface area contributed by atoms with Crippen LogP contribution >= 0.6 is 0 Å². The zero-order valence-corrected chi connectivity index (χ0v) is 12.2. The molecule has 0 radical (unpaired) electrons. The molecule has 1 saturated heterocycles. The number of hydrogen-bond donors (Lipinski definition) is 0. The average Bonchev–Trinajstić information content (AvgIpc) is 2.74. The molecule has 0 saturated carbocycles. The first-order valence-electron chi connectivity index (χ1n) is 6.84. The lowest BCUT2D eigenvalue weighted by atomic mass is 10.1. The van der Waals surface area contributed by atoms with E-state index in [1.54, 1.807) is 4.90 Å². The smallest absolute Gasteiger partial charge is 0.410 e. The molecule has 2 rings (SSSR count). The largest absolute Gasteiger partial charge is 0.444 e. The van der Waals surface area contributed by atoms with E-state index in [1.165, 1.54) is 0 Å².